The maximum Gasteiger partial charge on any atom is 0.500 e. The van der Waals surface area contributed by atoms with Crippen LogP contribution in [0.2, 0.25) is 6.04 Å². The number of likely N-dealkylation sites (N-methyl/N-ethyl adjacent to an activating group) is 1. The monoisotopic (exact) mass is 338 g/mol. The average molecular weight is 339 g/mol. The lowest BCUT2D eigenvalue weighted by atomic mass is 10.2. The van der Waals surface area contributed by atoms with Gasteiger partial charge in [0.25, 0.3) is 0 Å². The van der Waals surface area contributed by atoms with Crippen LogP contribution in [-0.4, -0.2) is 61.7 Å². The number of rotatable bonds is 12. The zero-order valence-corrected chi connectivity index (χ0v) is 15.7. The summed E-state index contributed by atoms with van der Waals surface area (Å²) < 4.78 is 16.4. The van der Waals surface area contributed by atoms with Crippen LogP contribution >= 0.6 is 0 Å². The van der Waals surface area contributed by atoms with E-state index in [1.165, 1.54) is 5.56 Å². The van der Waals surface area contributed by atoms with Gasteiger partial charge in [0, 0.05) is 47.0 Å². The highest BCUT2D eigenvalue weighted by molar-refractivity contribution is 6.60. The first kappa shape index (κ1) is 19.9. The summed E-state index contributed by atoms with van der Waals surface area (Å²) in [4.78, 5) is 2.31. The SMILES string of the molecule is CNCCN(C=Cc1ccccc1)CCC[Si](OC)(OC)OC. The van der Waals surface area contributed by atoms with Crippen LogP contribution in [0.1, 0.15) is 12.0 Å². The molecule has 0 aliphatic carbocycles. The summed E-state index contributed by atoms with van der Waals surface area (Å²) in [5, 5.41) is 3.20. The van der Waals surface area contributed by atoms with Gasteiger partial charge in [-0.2, -0.15) is 0 Å². The molecule has 0 aliphatic rings. The molecule has 130 valence electrons. The lowest BCUT2D eigenvalue weighted by Crippen LogP contribution is -2.43. The fraction of sp³-hybridized carbons (Fsp3) is 0.529. The molecule has 23 heavy (non-hydrogen) atoms. The molecule has 0 fully saturated rings. The maximum atomic E-state index is 5.47. The highest BCUT2D eigenvalue weighted by atomic mass is 28.4. The smallest absolute Gasteiger partial charge is 0.377 e. The minimum Gasteiger partial charge on any atom is -0.377 e. The number of hydrogen-bond acceptors (Lipinski definition) is 5. The van der Waals surface area contributed by atoms with Crippen LogP contribution in [0.4, 0.5) is 0 Å². The molecule has 1 aromatic rings. The van der Waals surface area contributed by atoms with E-state index < -0.39 is 8.80 Å². The van der Waals surface area contributed by atoms with Crippen molar-refractivity contribution in [3.63, 3.8) is 0 Å². The third-order valence-electron chi connectivity index (χ3n) is 3.79. The summed E-state index contributed by atoms with van der Waals surface area (Å²) in [7, 11) is 4.48. The zero-order valence-electron chi connectivity index (χ0n) is 14.7. The van der Waals surface area contributed by atoms with Gasteiger partial charge in [-0.25, -0.2) is 0 Å². The van der Waals surface area contributed by atoms with Crippen molar-refractivity contribution < 1.29 is 13.3 Å². The van der Waals surface area contributed by atoms with E-state index in [1.54, 1.807) is 21.3 Å². The Hall–Kier alpha value is -1.18. The fourth-order valence-electron chi connectivity index (χ4n) is 2.33. The van der Waals surface area contributed by atoms with Crippen molar-refractivity contribution in [3.8, 4) is 0 Å². The van der Waals surface area contributed by atoms with Crippen LogP contribution in [-0.2, 0) is 13.3 Å². The highest BCUT2D eigenvalue weighted by Crippen LogP contribution is 2.15. The van der Waals surface area contributed by atoms with Gasteiger partial charge in [-0.1, -0.05) is 30.3 Å². The van der Waals surface area contributed by atoms with Crippen LogP contribution in [0.3, 0.4) is 0 Å². The molecule has 0 saturated carbocycles. The predicted molar refractivity (Wildman–Crippen MR) is 97.2 cm³/mol. The fourth-order valence-corrected chi connectivity index (χ4v) is 4.03. The Labute approximate surface area is 141 Å². The Morgan fingerprint density at radius 2 is 1.70 bits per heavy atom. The van der Waals surface area contributed by atoms with Crippen molar-refractivity contribution in [2.24, 2.45) is 0 Å². The Kier molecular flexibility index (Phi) is 9.82. The summed E-state index contributed by atoms with van der Waals surface area (Å²) in [5.41, 5.74) is 1.20. The number of nitrogens with zero attached hydrogens (tertiary/aromatic N) is 1. The lowest BCUT2D eigenvalue weighted by Gasteiger charge is -2.26. The third-order valence-corrected chi connectivity index (χ3v) is 6.62. The summed E-state index contributed by atoms with van der Waals surface area (Å²) in [6.45, 7) is 2.84. The Balaban J connectivity index is 2.55. The molecule has 0 amide bonds. The Bertz CT molecular complexity index is 430. The molecule has 5 nitrogen and oxygen atoms in total. The van der Waals surface area contributed by atoms with Crippen molar-refractivity contribution in [1.82, 2.24) is 10.2 Å². The van der Waals surface area contributed by atoms with Gasteiger partial charge in [0.05, 0.1) is 0 Å². The second-order valence-electron chi connectivity index (χ2n) is 5.26. The lowest BCUT2D eigenvalue weighted by molar-refractivity contribution is 0.122. The van der Waals surface area contributed by atoms with E-state index in [9.17, 15) is 0 Å². The van der Waals surface area contributed by atoms with Crippen molar-refractivity contribution in [2.75, 3.05) is 48.0 Å². The van der Waals surface area contributed by atoms with E-state index in [2.05, 4.69) is 34.6 Å². The van der Waals surface area contributed by atoms with Crippen molar-refractivity contribution in [3.05, 3.63) is 42.1 Å². The molecule has 6 heteroatoms. The topological polar surface area (TPSA) is 43.0 Å². The van der Waals surface area contributed by atoms with Crippen LogP contribution in [0.5, 0.6) is 0 Å². The minimum atomic E-state index is -2.47. The zero-order chi connectivity index (χ0) is 17.0. The summed E-state index contributed by atoms with van der Waals surface area (Å²) in [6.07, 6.45) is 5.26. The second-order valence-corrected chi connectivity index (χ2v) is 8.36. The molecule has 1 aromatic carbocycles. The van der Waals surface area contributed by atoms with Gasteiger partial charge in [-0.3, -0.25) is 0 Å². The number of hydrogen-bond donors (Lipinski definition) is 1. The van der Waals surface area contributed by atoms with Crippen molar-refractivity contribution >= 4 is 14.9 Å². The number of nitrogens with one attached hydrogen (secondary N) is 1. The van der Waals surface area contributed by atoms with Gasteiger partial charge < -0.3 is 23.5 Å². The molecule has 0 atom stereocenters. The van der Waals surface area contributed by atoms with Crippen LogP contribution < -0.4 is 5.32 Å². The predicted octanol–water partition coefficient (Wildman–Crippen LogP) is 2.45. The quantitative estimate of drug-likeness (QED) is 0.593. The molecule has 0 unspecified atom stereocenters. The molecule has 1 N–H and O–H groups in total. The van der Waals surface area contributed by atoms with Gasteiger partial charge in [0.2, 0.25) is 0 Å². The van der Waals surface area contributed by atoms with E-state index in [0.717, 1.165) is 32.1 Å². The third kappa shape index (κ3) is 7.28. The molecule has 0 radical (unpaired) electrons. The highest BCUT2D eigenvalue weighted by Gasteiger charge is 2.36. The van der Waals surface area contributed by atoms with Gasteiger partial charge in [-0.05, 0) is 31.3 Å². The minimum absolute atomic E-state index is 0.811. The molecule has 0 heterocycles. The molecular weight excluding hydrogens is 308 g/mol. The van der Waals surface area contributed by atoms with E-state index in [1.807, 2.05) is 25.2 Å². The second kappa shape index (κ2) is 11.4. The first-order chi connectivity index (χ1) is 11.2. The van der Waals surface area contributed by atoms with E-state index >= 15 is 0 Å². The standard InChI is InChI=1S/C17H30N2O3Si/c1-18-12-15-19(14-11-17-9-6-5-7-10-17)13-8-16-23(20-2,21-3)22-4/h5-7,9-11,14,18H,8,12-13,15-16H2,1-4H3. The van der Waals surface area contributed by atoms with E-state index in [4.69, 9.17) is 13.3 Å². The van der Waals surface area contributed by atoms with Gasteiger partial charge >= 0.3 is 8.80 Å². The molecule has 0 bridgehead atoms. The maximum absolute atomic E-state index is 5.47. The van der Waals surface area contributed by atoms with Gasteiger partial charge in [-0.15, -0.1) is 0 Å². The molecule has 0 spiro atoms. The molecule has 0 saturated heterocycles. The first-order valence-corrected chi connectivity index (χ1v) is 9.90. The summed E-state index contributed by atoms with van der Waals surface area (Å²) >= 11 is 0. The summed E-state index contributed by atoms with van der Waals surface area (Å²) in [6, 6.07) is 11.1. The normalized spacial score (nSPS) is 12.0. The van der Waals surface area contributed by atoms with Crippen molar-refractivity contribution in [1.29, 1.82) is 0 Å². The van der Waals surface area contributed by atoms with Crippen LogP contribution in [0, 0.1) is 0 Å². The van der Waals surface area contributed by atoms with E-state index in [0.29, 0.717) is 0 Å². The Morgan fingerprint density at radius 3 is 2.26 bits per heavy atom. The molecule has 0 aliphatic heterocycles. The van der Waals surface area contributed by atoms with Gasteiger partial charge in [0.15, 0.2) is 0 Å². The molecule has 0 aromatic heterocycles. The van der Waals surface area contributed by atoms with Gasteiger partial charge in [0.1, 0.15) is 0 Å². The largest absolute Gasteiger partial charge is 0.500 e. The van der Waals surface area contributed by atoms with Crippen LogP contribution in [0.25, 0.3) is 6.08 Å². The van der Waals surface area contributed by atoms with E-state index in [-0.39, 0.29) is 0 Å². The van der Waals surface area contributed by atoms with Crippen LogP contribution in [0.15, 0.2) is 36.5 Å². The molecule has 1 rings (SSSR count). The van der Waals surface area contributed by atoms with Crippen molar-refractivity contribution in [2.45, 2.75) is 12.5 Å². The Morgan fingerprint density at radius 1 is 1.04 bits per heavy atom. The first-order valence-electron chi connectivity index (χ1n) is 7.97. The number of benzene rings is 1. The average Bonchev–Trinajstić information content (AvgIpc) is 2.62. The summed E-state index contributed by atoms with van der Waals surface area (Å²) in [5.74, 6) is 0. The molecular formula is C17H30N2O3Si.